The average Bonchev–Trinajstić information content (AvgIpc) is 4.17. The van der Waals surface area contributed by atoms with E-state index in [1.165, 1.54) is 37.9 Å². The first kappa shape index (κ1) is 41.8. The molecule has 0 bridgehead atoms. The average molecular weight is 973 g/mol. The summed E-state index contributed by atoms with van der Waals surface area (Å²) in [4.78, 5) is 23.1. The number of aromatic nitrogens is 6. The standard InChI is InChI=1S/C68H40N6S/c1-4-19-44(20-5-1)60-40-55-66(75-60)64(46-23-8-3-9-24-46)71-67(69-55)73-56-34-31-47(38-53(56)61-49-25-13-10-16-41(49)29-36-58(61)73)48-32-35-57-54(39-48)62-50-26-14-11-17-42(50)30-37-59(62)74(57)68-70-63(45-21-6-2-7-22-45)52-33-28-43-18-12-15-27-51(43)65(52)72-68/h1-40H. The van der Waals surface area contributed by atoms with E-state index in [0.717, 1.165) is 103 Å². The van der Waals surface area contributed by atoms with Crippen molar-refractivity contribution in [3.05, 3.63) is 243 Å². The Morgan fingerprint density at radius 3 is 1.33 bits per heavy atom. The summed E-state index contributed by atoms with van der Waals surface area (Å²) in [5.41, 5.74) is 13.4. The molecule has 16 rings (SSSR count). The van der Waals surface area contributed by atoms with Crippen LogP contribution in [0, 0.1) is 0 Å². The molecule has 11 aromatic carbocycles. The van der Waals surface area contributed by atoms with Crippen LogP contribution in [0.4, 0.5) is 0 Å². The molecule has 6 nitrogen and oxygen atoms in total. The van der Waals surface area contributed by atoms with Gasteiger partial charge in [-0.3, -0.25) is 9.13 Å². The monoisotopic (exact) mass is 972 g/mol. The fourth-order valence-electron chi connectivity index (χ4n) is 11.7. The van der Waals surface area contributed by atoms with Crippen LogP contribution < -0.4 is 0 Å². The molecular weight excluding hydrogens is 933 g/mol. The first-order valence-electron chi connectivity index (χ1n) is 25.3. The third-order valence-electron chi connectivity index (χ3n) is 15.1. The molecule has 75 heavy (non-hydrogen) atoms. The molecule has 0 amide bonds. The Kier molecular flexibility index (Phi) is 9.10. The third-order valence-corrected chi connectivity index (χ3v) is 16.3. The summed E-state index contributed by atoms with van der Waals surface area (Å²) < 4.78 is 5.61. The molecule has 0 aliphatic heterocycles. The molecule has 5 aromatic heterocycles. The van der Waals surface area contributed by atoms with Crippen molar-refractivity contribution in [2.75, 3.05) is 0 Å². The van der Waals surface area contributed by atoms with E-state index in [2.05, 4.69) is 252 Å². The number of hydrogen-bond donors (Lipinski definition) is 0. The maximum absolute atomic E-state index is 5.50. The number of benzene rings is 11. The second kappa shape index (κ2) is 16.3. The van der Waals surface area contributed by atoms with Crippen LogP contribution in [0.25, 0.3) is 153 Å². The second-order valence-corrected chi connectivity index (χ2v) is 20.4. The number of thiophene rings is 1. The van der Waals surface area contributed by atoms with Gasteiger partial charge in [-0.1, -0.05) is 194 Å². The minimum absolute atomic E-state index is 0.636. The molecule has 0 aliphatic rings. The van der Waals surface area contributed by atoms with Crippen molar-refractivity contribution in [1.29, 1.82) is 0 Å². The van der Waals surface area contributed by atoms with Gasteiger partial charge in [0, 0.05) is 48.3 Å². The van der Waals surface area contributed by atoms with Gasteiger partial charge in [0.25, 0.3) is 0 Å². The van der Waals surface area contributed by atoms with Crippen LogP contribution in [0.3, 0.4) is 0 Å². The zero-order valence-electron chi connectivity index (χ0n) is 40.2. The number of fused-ring (bicyclic) bond motifs is 14. The summed E-state index contributed by atoms with van der Waals surface area (Å²) in [7, 11) is 0. The van der Waals surface area contributed by atoms with Crippen molar-refractivity contribution < 1.29 is 0 Å². The molecule has 0 saturated carbocycles. The highest BCUT2D eigenvalue weighted by Gasteiger charge is 2.24. The fraction of sp³-hybridized carbons (Fsp3) is 0. The topological polar surface area (TPSA) is 61.4 Å². The molecule has 7 heteroatoms. The highest BCUT2D eigenvalue weighted by Crippen LogP contribution is 2.44. The first-order valence-corrected chi connectivity index (χ1v) is 26.1. The van der Waals surface area contributed by atoms with Gasteiger partial charge in [0.2, 0.25) is 11.9 Å². The van der Waals surface area contributed by atoms with Crippen LogP contribution in [-0.4, -0.2) is 29.1 Å². The van der Waals surface area contributed by atoms with Gasteiger partial charge in [-0.25, -0.2) is 19.9 Å². The minimum atomic E-state index is 0.636. The van der Waals surface area contributed by atoms with Crippen LogP contribution in [-0.2, 0) is 0 Å². The van der Waals surface area contributed by atoms with Gasteiger partial charge in [-0.15, -0.1) is 11.3 Å². The molecule has 0 fully saturated rings. The van der Waals surface area contributed by atoms with E-state index in [-0.39, 0.29) is 0 Å². The van der Waals surface area contributed by atoms with Crippen LogP contribution in [0.5, 0.6) is 0 Å². The molecule has 16 aromatic rings. The van der Waals surface area contributed by atoms with Crippen molar-refractivity contribution in [3.63, 3.8) is 0 Å². The number of hydrogen-bond acceptors (Lipinski definition) is 5. The van der Waals surface area contributed by atoms with Gasteiger partial charge in [-0.05, 0) is 92.2 Å². The largest absolute Gasteiger partial charge is 0.278 e. The Labute approximate surface area is 433 Å². The number of nitrogens with zero attached hydrogens (tertiary/aromatic N) is 6. The summed E-state index contributed by atoms with van der Waals surface area (Å²) in [6, 6.07) is 86.8. The van der Waals surface area contributed by atoms with Crippen LogP contribution in [0.2, 0.25) is 0 Å². The molecule has 0 unspecified atom stereocenters. The predicted molar refractivity (Wildman–Crippen MR) is 313 cm³/mol. The number of rotatable bonds is 6. The van der Waals surface area contributed by atoms with Crippen LogP contribution in [0.1, 0.15) is 0 Å². The Hall–Kier alpha value is -9.82. The molecule has 0 spiro atoms. The summed E-state index contributed by atoms with van der Waals surface area (Å²) in [5, 5.41) is 12.6. The van der Waals surface area contributed by atoms with Crippen LogP contribution in [0.15, 0.2) is 243 Å². The zero-order valence-corrected chi connectivity index (χ0v) is 41.0. The van der Waals surface area contributed by atoms with Crippen molar-refractivity contribution in [1.82, 2.24) is 29.1 Å². The maximum Gasteiger partial charge on any atom is 0.235 e. The SMILES string of the molecule is c1ccc(-c2cc3nc(-n4c5ccc(-c6ccc7c(c6)c6c8ccccc8ccc6n7-c6nc(-c7ccccc7)c7ccc8ccccc8c7n6)cc5c5c6ccccc6ccc54)nc(-c4ccccc4)c3s2)cc1. The van der Waals surface area contributed by atoms with Crippen molar-refractivity contribution >= 4 is 108 Å². The smallest absolute Gasteiger partial charge is 0.235 e. The Balaban J connectivity index is 0.935. The van der Waals surface area contributed by atoms with Gasteiger partial charge in [0.1, 0.15) is 0 Å². The van der Waals surface area contributed by atoms with E-state index in [4.69, 9.17) is 19.9 Å². The molecule has 0 N–H and O–H groups in total. The molecule has 0 atom stereocenters. The van der Waals surface area contributed by atoms with Crippen molar-refractivity contribution in [2.45, 2.75) is 0 Å². The molecule has 0 radical (unpaired) electrons. The Bertz CT molecular complexity index is 5000. The van der Waals surface area contributed by atoms with Gasteiger partial charge < -0.3 is 0 Å². The molecule has 5 heterocycles. The molecular formula is C68H40N6S. The summed E-state index contributed by atoms with van der Waals surface area (Å²) in [5.74, 6) is 1.28. The zero-order chi connectivity index (χ0) is 49.1. The van der Waals surface area contributed by atoms with Gasteiger partial charge in [0.15, 0.2) is 0 Å². The summed E-state index contributed by atoms with van der Waals surface area (Å²) in [6.45, 7) is 0. The Morgan fingerprint density at radius 1 is 0.293 bits per heavy atom. The highest BCUT2D eigenvalue weighted by atomic mass is 32.1. The van der Waals surface area contributed by atoms with E-state index in [1.807, 2.05) is 0 Å². The Morgan fingerprint density at radius 2 is 0.747 bits per heavy atom. The lowest BCUT2D eigenvalue weighted by Gasteiger charge is -2.13. The predicted octanol–water partition coefficient (Wildman–Crippen LogP) is 18.0. The minimum Gasteiger partial charge on any atom is -0.278 e. The molecule has 0 aliphatic carbocycles. The van der Waals surface area contributed by atoms with Gasteiger partial charge in [-0.2, -0.15) is 0 Å². The maximum atomic E-state index is 5.50. The lowest BCUT2D eigenvalue weighted by atomic mass is 9.98. The highest BCUT2D eigenvalue weighted by molar-refractivity contribution is 7.22. The lowest BCUT2D eigenvalue weighted by molar-refractivity contribution is 1.02. The van der Waals surface area contributed by atoms with Crippen molar-refractivity contribution in [2.24, 2.45) is 0 Å². The van der Waals surface area contributed by atoms with E-state index in [0.29, 0.717) is 11.9 Å². The molecule has 348 valence electrons. The van der Waals surface area contributed by atoms with E-state index in [1.54, 1.807) is 11.3 Å². The van der Waals surface area contributed by atoms with Gasteiger partial charge in [0.05, 0.1) is 49.2 Å². The summed E-state index contributed by atoms with van der Waals surface area (Å²) >= 11 is 1.75. The normalized spacial score (nSPS) is 12.0. The lowest BCUT2D eigenvalue weighted by Crippen LogP contribution is -2.03. The fourth-order valence-corrected chi connectivity index (χ4v) is 12.8. The molecule has 0 saturated heterocycles. The van der Waals surface area contributed by atoms with E-state index >= 15 is 0 Å². The third kappa shape index (κ3) is 6.45. The second-order valence-electron chi connectivity index (χ2n) is 19.3. The van der Waals surface area contributed by atoms with Crippen molar-refractivity contribution in [3.8, 4) is 56.0 Å². The van der Waals surface area contributed by atoms with E-state index < -0.39 is 0 Å². The van der Waals surface area contributed by atoms with Gasteiger partial charge >= 0.3 is 0 Å². The first-order chi connectivity index (χ1) is 37.2. The van der Waals surface area contributed by atoms with Crippen LogP contribution >= 0.6 is 11.3 Å². The van der Waals surface area contributed by atoms with E-state index in [9.17, 15) is 0 Å². The summed E-state index contributed by atoms with van der Waals surface area (Å²) in [6.07, 6.45) is 0. The quantitative estimate of drug-likeness (QED) is 0.156.